The van der Waals surface area contributed by atoms with E-state index in [0.717, 1.165) is 28.6 Å². The van der Waals surface area contributed by atoms with E-state index in [1.54, 1.807) is 0 Å². The fraction of sp³-hybridized carbons (Fsp3) is 0.500. The van der Waals surface area contributed by atoms with Gasteiger partial charge in [0, 0.05) is 18.4 Å². The van der Waals surface area contributed by atoms with Crippen molar-refractivity contribution in [3.05, 3.63) is 22.5 Å². The van der Waals surface area contributed by atoms with Gasteiger partial charge in [-0.3, -0.25) is 0 Å². The van der Waals surface area contributed by atoms with E-state index < -0.39 is 5.97 Å². The van der Waals surface area contributed by atoms with Crippen molar-refractivity contribution in [3.63, 3.8) is 0 Å². The van der Waals surface area contributed by atoms with Gasteiger partial charge in [-0.2, -0.15) is 0 Å². The molecule has 0 aliphatic heterocycles. The molecule has 0 saturated heterocycles. The first-order valence-electron chi connectivity index (χ1n) is 6.79. The Kier molecular flexibility index (Phi) is 3.67. The summed E-state index contributed by atoms with van der Waals surface area (Å²) in [6.07, 6.45) is 2.81. The zero-order valence-electron chi connectivity index (χ0n) is 11.3. The molecule has 0 aromatic carbocycles. The molecule has 5 nitrogen and oxygen atoms in total. The zero-order valence-corrected chi connectivity index (χ0v) is 12.1. The van der Waals surface area contributed by atoms with Gasteiger partial charge < -0.3 is 9.84 Å². The predicted molar refractivity (Wildman–Crippen MR) is 76.5 cm³/mol. The molecule has 0 unspecified atom stereocenters. The third-order valence-electron chi connectivity index (χ3n) is 3.40. The van der Waals surface area contributed by atoms with Gasteiger partial charge in [-0.15, -0.1) is 11.3 Å². The van der Waals surface area contributed by atoms with Crippen LogP contribution < -0.4 is 0 Å². The summed E-state index contributed by atoms with van der Waals surface area (Å²) in [6.45, 7) is 3.08. The number of nitrogens with zero attached hydrogens (tertiary/aromatic N) is 2. The third kappa shape index (κ3) is 2.53. The molecule has 2 heterocycles. The Balaban J connectivity index is 2.01. The number of carboxylic acid groups (broad SMARTS) is 1. The lowest BCUT2D eigenvalue weighted by atomic mass is 10.1. The Bertz CT molecular complexity index is 649. The predicted octanol–water partition coefficient (Wildman–Crippen LogP) is 2.85. The highest BCUT2D eigenvalue weighted by Gasteiger charge is 2.29. The Morgan fingerprint density at radius 2 is 2.30 bits per heavy atom. The molecule has 0 radical (unpaired) electrons. The van der Waals surface area contributed by atoms with Crippen LogP contribution >= 0.6 is 11.3 Å². The van der Waals surface area contributed by atoms with Crippen molar-refractivity contribution in [1.29, 1.82) is 0 Å². The summed E-state index contributed by atoms with van der Waals surface area (Å²) >= 11 is 1.51. The smallest absolute Gasteiger partial charge is 0.355 e. The Morgan fingerprint density at radius 3 is 2.95 bits per heavy atom. The molecule has 1 fully saturated rings. The van der Waals surface area contributed by atoms with E-state index in [-0.39, 0.29) is 5.69 Å². The molecule has 0 spiro atoms. The molecule has 3 rings (SSSR count). The number of aromatic nitrogens is 2. The van der Waals surface area contributed by atoms with Gasteiger partial charge in [0.05, 0.1) is 6.61 Å². The van der Waals surface area contributed by atoms with Gasteiger partial charge in [0.25, 0.3) is 0 Å². The lowest BCUT2D eigenvalue weighted by molar-refractivity contribution is 0.0692. The topological polar surface area (TPSA) is 72.3 Å². The molecule has 0 amide bonds. The minimum Gasteiger partial charge on any atom is -0.476 e. The van der Waals surface area contributed by atoms with E-state index in [0.29, 0.717) is 31.4 Å². The fourth-order valence-corrected chi connectivity index (χ4v) is 3.32. The van der Waals surface area contributed by atoms with E-state index in [9.17, 15) is 9.90 Å². The highest BCUT2D eigenvalue weighted by molar-refractivity contribution is 7.17. The van der Waals surface area contributed by atoms with E-state index in [2.05, 4.69) is 9.97 Å². The van der Waals surface area contributed by atoms with Gasteiger partial charge in [0.1, 0.15) is 10.7 Å². The van der Waals surface area contributed by atoms with Crippen molar-refractivity contribution in [2.24, 2.45) is 0 Å². The van der Waals surface area contributed by atoms with Crippen molar-refractivity contribution in [2.45, 2.75) is 32.1 Å². The summed E-state index contributed by atoms with van der Waals surface area (Å²) < 4.78 is 5.28. The molecule has 0 atom stereocenters. The summed E-state index contributed by atoms with van der Waals surface area (Å²) in [5.74, 6) is 0.0719. The van der Waals surface area contributed by atoms with Crippen LogP contribution in [0.3, 0.4) is 0 Å². The molecule has 1 N–H and O–H groups in total. The second-order valence-corrected chi connectivity index (χ2v) is 5.74. The maximum atomic E-state index is 11.5. The molecule has 1 saturated carbocycles. The van der Waals surface area contributed by atoms with Crippen LogP contribution in [0.15, 0.2) is 5.38 Å². The summed E-state index contributed by atoms with van der Waals surface area (Å²) in [7, 11) is 0. The highest BCUT2D eigenvalue weighted by atomic mass is 32.1. The average Bonchev–Trinajstić information content (AvgIpc) is 3.18. The van der Waals surface area contributed by atoms with E-state index in [1.165, 1.54) is 11.3 Å². The first kappa shape index (κ1) is 13.5. The Hall–Kier alpha value is -1.53. The van der Waals surface area contributed by atoms with Crippen LogP contribution in [0.4, 0.5) is 0 Å². The van der Waals surface area contributed by atoms with Crippen molar-refractivity contribution in [2.75, 3.05) is 13.2 Å². The summed E-state index contributed by atoms with van der Waals surface area (Å²) in [5, 5.41) is 12.2. The quantitative estimate of drug-likeness (QED) is 0.829. The minimum atomic E-state index is -0.977. The minimum absolute atomic E-state index is 0.143. The van der Waals surface area contributed by atoms with Crippen LogP contribution in [-0.2, 0) is 11.2 Å². The van der Waals surface area contributed by atoms with Crippen LogP contribution in [-0.4, -0.2) is 34.3 Å². The van der Waals surface area contributed by atoms with E-state index in [1.807, 2.05) is 12.3 Å². The lowest BCUT2D eigenvalue weighted by Gasteiger charge is -2.05. The molecule has 106 valence electrons. The van der Waals surface area contributed by atoms with Crippen LogP contribution in [0.1, 0.15) is 47.6 Å². The normalized spacial score (nSPS) is 14.8. The second kappa shape index (κ2) is 5.46. The molecule has 2 aromatic rings. The number of fused-ring (bicyclic) bond motifs is 1. The second-order valence-electron chi connectivity index (χ2n) is 4.89. The molecule has 2 aromatic heterocycles. The van der Waals surface area contributed by atoms with Crippen LogP contribution in [0.5, 0.6) is 0 Å². The molecule has 1 aliphatic rings. The number of rotatable bonds is 6. The Labute approximate surface area is 120 Å². The Morgan fingerprint density at radius 1 is 1.50 bits per heavy atom. The third-order valence-corrected chi connectivity index (χ3v) is 4.29. The van der Waals surface area contributed by atoms with Crippen LogP contribution in [0.2, 0.25) is 0 Å². The van der Waals surface area contributed by atoms with Crippen molar-refractivity contribution < 1.29 is 14.6 Å². The van der Waals surface area contributed by atoms with Gasteiger partial charge in [-0.25, -0.2) is 14.8 Å². The van der Waals surface area contributed by atoms with Gasteiger partial charge in [0.2, 0.25) is 0 Å². The van der Waals surface area contributed by atoms with Gasteiger partial charge >= 0.3 is 5.97 Å². The molecule has 20 heavy (non-hydrogen) atoms. The first-order chi connectivity index (χ1) is 9.70. The van der Waals surface area contributed by atoms with E-state index in [4.69, 9.17) is 4.74 Å². The summed E-state index contributed by atoms with van der Waals surface area (Å²) in [6, 6.07) is 0. The number of carboxylic acids is 1. The number of carbonyl (C=O) groups is 1. The largest absolute Gasteiger partial charge is 0.476 e. The molecule has 6 heteroatoms. The van der Waals surface area contributed by atoms with Crippen LogP contribution in [0, 0.1) is 0 Å². The number of thiophene rings is 1. The molecular weight excluding hydrogens is 276 g/mol. The molecule has 0 bridgehead atoms. The number of aromatic carboxylic acids is 1. The maximum Gasteiger partial charge on any atom is 0.355 e. The van der Waals surface area contributed by atoms with Crippen molar-refractivity contribution >= 4 is 27.5 Å². The molecular formula is C14H16N2O3S. The highest BCUT2D eigenvalue weighted by Crippen LogP contribution is 2.45. The number of hydrogen-bond donors (Lipinski definition) is 1. The summed E-state index contributed by atoms with van der Waals surface area (Å²) in [5.41, 5.74) is 1.25. The zero-order chi connectivity index (χ0) is 14.1. The number of hydrogen-bond acceptors (Lipinski definition) is 5. The first-order valence-corrected chi connectivity index (χ1v) is 7.67. The maximum absolute atomic E-state index is 11.5. The van der Waals surface area contributed by atoms with Crippen LogP contribution in [0.25, 0.3) is 10.2 Å². The summed E-state index contributed by atoms with van der Waals surface area (Å²) in [4.78, 5) is 21.0. The molecule has 1 aliphatic carbocycles. The average molecular weight is 292 g/mol. The van der Waals surface area contributed by atoms with Crippen molar-refractivity contribution in [3.8, 4) is 0 Å². The van der Waals surface area contributed by atoms with Crippen molar-refractivity contribution in [1.82, 2.24) is 9.97 Å². The monoisotopic (exact) mass is 292 g/mol. The SMILES string of the molecule is CCOCCc1nc(C(=O)O)c2c(C3CC3)csc2n1. The lowest BCUT2D eigenvalue weighted by Crippen LogP contribution is -2.09. The fourth-order valence-electron chi connectivity index (χ4n) is 2.28. The standard InChI is InChI=1S/C14H16N2O3S/c1-2-19-6-5-10-15-12(14(17)18)11-9(8-3-4-8)7-20-13(11)16-10/h7-8H,2-6H2,1H3,(H,17,18). The van der Waals surface area contributed by atoms with Gasteiger partial charge in [0.15, 0.2) is 5.69 Å². The van der Waals surface area contributed by atoms with Gasteiger partial charge in [-0.1, -0.05) is 0 Å². The van der Waals surface area contributed by atoms with Gasteiger partial charge in [-0.05, 0) is 36.6 Å². The number of ether oxygens (including phenoxy) is 1. The van der Waals surface area contributed by atoms with E-state index >= 15 is 0 Å².